The molecule has 3 N–H and O–H groups in total. The van der Waals surface area contributed by atoms with Gasteiger partial charge in [-0.15, -0.1) is 0 Å². The van der Waals surface area contributed by atoms with Crippen LogP contribution < -0.4 is 10.6 Å². The molecule has 2 aromatic rings. The fourth-order valence-corrected chi connectivity index (χ4v) is 1.25. The Bertz CT molecular complexity index is 602. The largest absolute Gasteiger partial charge is 0.478 e. The van der Waals surface area contributed by atoms with E-state index in [1.54, 1.807) is 6.07 Å². The zero-order valence-electron chi connectivity index (χ0n) is 9.57. The summed E-state index contributed by atoms with van der Waals surface area (Å²) in [5.74, 6) is -0.981. The Labute approximate surface area is 107 Å². The number of nitrogens with one attached hydrogen (secondary N) is 2. The molecule has 0 bridgehead atoms. The number of aromatic nitrogens is 3. The smallest absolute Gasteiger partial charge is 0.337 e. The van der Waals surface area contributed by atoms with Gasteiger partial charge in [0.1, 0.15) is 0 Å². The van der Waals surface area contributed by atoms with Crippen LogP contribution in [0.3, 0.4) is 0 Å². The third kappa shape index (κ3) is 3.46. The molecule has 0 aromatic carbocycles. The molecule has 19 heavy (non-hydrogen) atoms. The number of carbonyl (C=O) groups is 2. The summed E-state index contributed by atoms with van der Waals surface area (Å²) in [6, 6.07) is 2.32. The van der Waals surface area contributed by atoms with E-state index in [4.69, 9.17) is 5.11 Å². The van der Waals surface area contributed by atoms with Crippen LogP contribution in [0.15, 0.2) is 36.9 Å². The highest BCUT2D eigenvalue weighted by molar-refractivity contribution is 5.99. The van der Waals surface area contributed by atoms with Gasteiger partial charge >= 0.3 is 12.0 Å². The van der Waals surface area contributed by atoms with E-state index >= 15 is 0 Å². The van der Waals surface area contributed by atoms with Crippen molar-refractivity contribution in [1.82, 2.24) is 15.0 Å². The number of rotatable bonds is 3. The van der Waals surface area contributed by atoms with Gasteiger partial charge in [-0.3, -0.25) is 10.3 Å². The van der Waals surface area contributed by atoms with Crippen molar-refractivity contribution in [2.45, 2.75) is 0 Å². The van der Waals surface area contributed by atoms with Gasteiger partial charge in [-0.1, -0.05) is 0 Å². The third-order valence-electron chi connectivity index (χ3n) is 2.03. The molecular formula is C11H9N5O3. The summed E-state index contributed by atoms with van der Waals surface area (Å²) in [4.78, 5) is 33.7. The van der Waals surface area contributed by atoms with Crippen LogP contribution in [0.2, 0.25) is 0 Å². The molecule has 0 spiro atoms. The zero-order chi connectivity index (χ0) is 13.7. The van der Waals surface area contributed by atoms with E-state index in [1.807, 2.05) is 0 Å². The Hall–Kier alpha value is -3.03. The standard InChI is InChI=1S/C11H9N5O3/c17-9(18)7-4-8(6-12-5-7)15-11(19)16-10-13-2-1-3-14-10/h1-6H,(H,17,18)(H2,13,14,15,16,19). The molecule has 2 rings (SSSR count). The van der Waals surface area contributed by atoms with E-state index in [-0.39, 0.29) is 17.2 Å². The maximum Gasteiger partial charge on any atom is 0.337 e. The summed E-state index contributed by atoms with van der Waals surface area (Å²) in [6.07, 6.45) is 5.48. The summed E-state index contributed by atoms with van der Waals surface area (Å²) in [7, 11) is 0. The molecule has 0 saturated carbocycles. The summed E-state index contributed by atoms with van der Waals surface area (Å²) < 4.78 is 0. The minimum absolute atomic E-state index is 0.0197. The van der Waals surface area contributed by atoms with Crippen LogP contribution in [-0.4, -0.2) is 32.1 Å². The third-order valence-corrected chi connectivity index (χ3v) is 2.03. The van der Waals surface area contributed by atoms with Gasteiger partial charge in [0.05, 0.1) is 17.4 Å². The highest BCUT2D eigenvalue weighted by Crippen LogP contribution is 2.08. The van der Waals surface area contributed by atoms with Gasteiger partial charge in [-0.05, 0) is 12.1 Å². The average molecular weight is 259 g/mol. The molecule has 8 heteroatoms. The first-order valence-corrected chi connectivity index (χ1v) is 5.18. The van der Waals surface area contributed by atoms with Crippen molar-refractivity contribution in [2.75, 3.05) is 10.6 Å². The predicted molar refractivity (Wildman–Crippen MR) is 65.9 cm³/mol. The van der Waals surface area contributed by atoms with Gasteiger partial charge in [-0.25, -0.2) is 19.6 Å². The molecule has 0 aliphatic heterocycles. The number of pyridine rings is 1. The number of hydrogen-bond acceptors (Lipinski definition) is 5. The number of urea groups is 1. The van der Waals surface area contributed by atoms with E-state index in [1.165, 1.54) is 30.9 Å². The Morgan fingerprint density at radius 3 is 2.53 bits per heavy atom. The molecular weight excluding hydrogens is 250 g/mol. The van der Waals surface area contributed by atoms with E-state index in [0.717, 1.165) is 0 Å². The van der Waals surface area contributed by atoms with Crippen LogP contribution in [0.1, 0.15) is 10.4 Å². The topological polar surface area (TPSA) is 117 Å². The van der Waals surface area contributed by atoms with E-state index < -0.39 is 12.0 Å². The lowest BCUT2D eigenvalue weighted by atomic mass is 10.3. The van der Waals surface area contributed by atoms with Gasteiger partial charge in [0, 0.05) is 18.6 Å². The number of hydrogen-bond donors (Lipinski definition) is 3. The number of amides is 2. The van der Waals surface area contributed by atoms with Gasteiger partial charge in [0.15, 0.2) is 0 Å². The molecule has 0 aliphatic carbocycles. The second-order valence-corrected chi connectivity index (χ2v) is 3.42. The van der Waals surface area contributed by atoms with Crippen molar-refractivity contribution < 1.29 is 14.7 Å². The first-order chi connectivity index (χ1) is 9.15. The molecule has 2 amide bonds. The first kappa shape index (κ1) is 12.4. The SMILES string of the molecule is O=C(Nc1cncc(C(=O)O)c1)Nc1ncccn1. The van der Waals surface area contributed by atoms with Crippen molar-refractivity contribution in [2.24, 2.45) is 0 Å². The van der Waals surface area contributed by atoms with Crippen LogP contribution in [0.25, 0.3) is 0 Å². The zero-order valence-corrected chi connectivity index (χ0v) is 9.57. The normalized spacial score (nSPS) is 9.68. The summed E-state index contributed by atoms with van der Waals surface area (Å²) >= 11 is 0. The van der Waals surface area contributed by atoms with Crippen molar-refractivity contribution in [1.29, 1.82) is 0 Å². The number of carboxylic acid groups (broad SMARTS) is 1. The molecule has 0 aliphatic rings. The second-order valence-electron chi connectivity index (χ2n) is 3.42. The monoisotopic (exact) mass is 259 g/mol. The minimum Gasteiger partial charge on any atom is -0.478 e. The lowest BCUT2D eigenvalue weighted by Crippen LogP contribution is -2.21. The summed E-state index contributed by atoms with van der Waals surface area (Å²) in [5, 5.41) is 13.6. The molecule has 0 atom stereocenters. The van der Waals surface area contributed by atoms with Crippen LogP contribution in [0, 0.1) is 0 Å². The van der Waals surface area contributed by atoms with Gasteiger partial charge in [0.2, 0.25) is 5.95 Å². The van der Waals surface area contributed by atoms with Crippen molar-refractivity contribution in [3.8, 4) is 0 Å². The summed E-state index contributed by atoms with van der Waals surface area (Å²) in [6.45, 7) is 0. The molecule has 0 fully saturated rings. The molecule has 0 saturated heterocycles. The average Bonchev–Trinajstić information content (AvgIpc) is 2.40. The molecule has 0 unspecified atom stereocenters. The number of anilines is 2. The van der Waals surface area contributed by atoms with Gasteiger partial charge in [0.25, 0.3) is 0 Å². The van der Waals surface area contributed by atoms with Crippen molar-refractivity contribution in [3.05, 3.63) is 42.5 Å². The fraction of sp³-hybridized carbons (Fsp3) is 0. The Kier molecular flexibility index (Phi) is 3.62. The van der Waals surface area contributed by atoms with Crippen LogP contribution in [0.4, 0.5) is 16.4 Å². The quantitative estimate of drug-likeness (QED) is 0.762. The maximum absolute atomic E-state index is 11.6. The van der Waals surface area contributed by atoms with Gasteiger partial charge < -0.3 is 10.4 Å². The molecule has 8 nitrogen and oxygen atoms in total. The van der Waals surface area contributed by atoms with E-state index in [9.17, 15) is 9.59 Å². The minimum atomic E-state index is -1.12. The van der Waals surface area contributed by atoms with Crippen LogP contribution >= 0.6 is 0 Å². The predicted octanol–water partition coefficient (Wildman–Crippen LogP) is 1.21. The fourth-order valence-electron chi connectivity index (χ4n) is 1.25. The summed E-state index contributed by atoms with van der Waals surface area (Å²) in [5.41, 5.74) is 0.238. The molecule has 0 radical (unpaired) electrons. The molecule has 2 aromatic heterocycles. The Morgan fingerprint density at radius 2 is 1.84 bits per heavy atom. The number of nitrogens with zero attached hydrogens (tertiary/aromatic N) is 3. The highest BCUT2D eigenvalue weighted by atomic mass is 16.4. The van der Waals surface area contributed by atoms with Gasteiger partial charge in [-0.2, -0.15) is 0 Å². The van der Waals surface area contributed by atoms with Crippen LogP contribution in [-0.2, 0) is 0 Å². The van der Waals surface area contributed by atoms with E-state index in [0.29, 0.717) is 0 Å². The van der Waals surface area contributed by atoms with E-state index in [2.05, 4.69) is 25.6 Å². The number of carbonyl (C=O) groups excluding carboxylic acids is 1. The van der Waals surface area contributed by atoms with Crippen LogP contribution in [0.5, 0.6) is 0 Å². The number of carboxylic acids is 1. The lowest BCUT2D eigenvalue weighted by molar-refractivity contribution is 0.0696. The Balaban J connectivity index is 2.03. The number of aromatic carboxylic acids is 1. The molecule has 96 valence electrons. The second kappa shape index (κ2) is 5.54. The maximum atomic E-state index is 11.6. The lowest BCUT2D eigenvalue weighted by Gasteiger charge is -2.06. The first-order valence-electron chi connectivity index (χ1n) is 5.18. The Morgan fingerprint density at radius 1 is 1.11 bits per heavy atom. The van der Waals surface area contributed by atoms with Crippen molar-refractivity contribution >= 4 is 23.6 Å². The molecule has 2 heterocycles. The van der Waals surface area contributed by atoms with Crippen molar-refractivity contribution in [3.63, 3.8) is 0 Å². The highest BCUT2D eigenvalue weighted by Gasteiger charge is 2.07.